The molecule has 1 N–H and O–H groups in total. The van der Waals surface area contributed by atoms with Crippen LogP contribution in [0.1, 0.15) is 5.56 Å². The lowest BCUT2D eigenvalue weighted by Crippen LogP contribution is -2.52. The highest BCUT2D eigenvalue weighted by Crippen LogP contribution is 2.18. The standard InChI is InChI=1S/C13H12N2O3S/c1-15-12(17)10(11(16)14-13(15)18)7-8-3-5-9(19-2)6-4-8/h3-7H,1-2H3,(H,14,16,18)/b10-7-. The molecule has 1 heterocycles. The summed E-state index contributed by atoms with van der Waals surface area (Å²) in [5, 5.41) is 2.11. The molecule has 0 spiro atoms. The van der Waals surface area contributed by atoms with Crippen LogP contribution in [0, 0.1) is 0 Å². The van der Waals surface area contributed by atoms with Gasteiger partial charge in [0.15, 0.2) is 0 Å². The van der Waals surface area contributed by atoms with Gasteiger partial charge < -0.3 is 0 Å². The molecule has 5 nitrogen and oxygen atoms in total. The molecule has 0 aliphatic carbocycles. The monoisotopic (exact) mass is 276 g/mol. The Morgan fingerprint density at radius 1 is 1.16 bits per heavy atom. The summed E-state index contributed by atoms with van der Waals surface area (Å²) >= 11 is 1.61. The molecule has 0 aromatic heterocycles. The van der Waals surface area contributed by atoms with Crippen molar-refractivity contribution in [3.05, 3.63) is 35.4 Å². The van der Waals surface area contributed by atoms with Gasteiger partial charge in [-0.25, -0.2) is 4.79 Å². The van der Waals surface area contributed by atoms with Crippen molar-refractivity contribution in [2.75, 3.05) is 13.3 Å². The lowest BCUT2D eigenvalue weighted by Gasteiger charge is -2.22. The van der Waals surface area contributed by atoms with Crippen molar-refractivity contribution in [1.29, 1.82) is 0 Å². The molecule has 1 aromatic carbocycles. The van der Waals surface area contributed by atoms with Crippen molar-refractivity contribution in [1.82, 2.24) is 10.2 Å². The highest BCUT2D eigenvalue weighted by Gasteiger charge is 2.32. The number of nitrogens with zero attached hydrogens (tertiary/aromatic N) is 1. The third kappa shape index (κ3) is 2.68. The summed E-state index contributed by atoms with van der Waals surface area (Å²) in [6, 6.07) is 6.73. The molecule has 0 saturated carbocycles. The molecule has 4 amide bonds. The van der Waals surface area contributed by atoms with E-state index in [2.05, 4.69) is 5.32 Å². The molecule has 1 aromatic rings. The van der Waals surface area contributed by atoms with Gasteiger partial charge in [0.2, 0.25) is 0 Å². The maximum absolute atomic E-state index is 11.8. The Hall–Kier alpha value is -2.08. The van der Waals surface area contributed by atoms with Crippen LogP contribution in [-0.4, -0.2) is 36.0 Å². The molecule has 0 bridgehead atoms. The average Bonchev–Trinajstić information content (AvgIpc) is 2.42. The number of nitrogens with one attached hydrogen (secondary N) is 1. The van der Waals surface area contributed by atoms with Crippen molar-refractivity contribution in [3.63, 3.8) is 0 Å². The lowest BCUT2D eigenvalue weighted by atomic mass is 10.1. The zero-order chi connectivity index (χ0) is 14.0. The first-order chi connectivity index (χ1) is 9.02. The number of barbiturate groups is 1. The predicted octanol–water partition coefficient (Wildman–Crippen LogP) is 1.50. The van der Waals surface area contributed by atoms with E-state index in [1.807, 2.05) is 30.5 Å². The number of amides is 4. The fourth-order valence-electron chi connectivity index (χ4n) is 1.61. The maximum Gasteiger partial charge on any atom is 0.331 e. The van der Waals surface area contributed by atoms with Crippen LogP contribution < -0.4 is 5.32 Å². The lowest BCUT2D eigenvalue weighted by molar-refractivity contribution is -0.129. The van der Waals surface area contributed by atoms with Crippen LogP contribution in [0.25, 0.3) is 6.08 Å². The van der Waals surface area contributed by atoms with E-state index >= 15 is 0 Å². The van der Waals surface area contributed by atoms with E-state index < -0.39 is 17.8 Å². The fourth-order valence-corrected chi connectivity index (χ4v) is 2.02. The molecule has 0 radical (unpaired) electrons. The van der Waals surface area contributed by atoms with E-state index in [0.29, 0.717) is 0 Å². The zero-order valence-corrected chi connectivity index (χ0v) is 11.3. The molecule has 98 valence electrons. The van der Waals surface area contributed by atoms with Crippen LogP contribution in [0.4, 0.5) is 4.79 Å². The summed E-state index contributed by atoms with van der Waals surface area (Å²) in [6.45, 7) is 0. The minimum atomic E-state index is -0.704. The maximum atomic E-state index is 11.8. The second-order valence-corrected chi connectivity index (χ2v) is 4.83. The van der Waals surface area contributed by atoms with E-state index in [0.717, 1.165) is 15.4 Å². The van der Waals surface area contributed by atoms with Crippen molar-refractivity contribution in [2.45, 2.75) is 4.90 Å². The summed E-state index contributed by atoms with van der Waals surface area (Å²) < 4.78 is 0. The number of hydrogen-bond acceptors (Lipinski definition) is 4. The quantitative estimate of drug-likeness (QED) is 0.505. The topological polar surface area (TPSA) is 66.5 Å². The van der Waals surface area contributed by atoms with Crippen LogP contribution in [0.2, 0.25) is 0 Å². The van der Waals surface area contributed by atoms with Gasteiger partial charge in [0.1, 0.15) is 5.57 Å². The Labute approximate surface area is 114 Å². The van der Waals surface area contributed by atoms with Gasteiger partial charge in [-0.3, -0.25) is 19.8 Å². The summed E-state index contributed by atoms with van der Waals surface area (Å²) in [4.78, 5) is 36.7. The zero-order valence-electron chi connectivity index (χ0n) is 10.5. The van der Waals surface area contributed by atoms with Gasteiger partial charge in [0.05, 0.1) is 0 Å². The summed E-state index contributed by atoms with van der Waals surface area (Å²) in [5.74, 6) is -1.26. The number of imide groups is 2. The number of benzene rings is 1. The molecule has 0 atom stereocenters. The number of urea groups is 1. The van der Waals surface area contributed by atoms with Crippen molar-refractivity contribution in [3.8, 4) is 0 Å². The van der Waals surface area contributed by atoms with Gasteiger partial charge in [-0.1, -0.05) is 12.1 Å². The molecule has 1 aliphatic rings. The van der Waals surface area contributed by atoms with Crippen LogP contribution in [-0.2, 0) is 9.59 Å². The third-order valence-corrected chi connectivity index (χ3v) is 3.48. The van der Waals surface area contributed by atoms with Gasteiger partial charge in [0.25, 0.3) is 11.8 Å². The first kappa shape index (κ1) is 13.4. The van der Waals surface area contributed by atoms with E-state index in [4.69, 9.17) is 0 Å². The largest absolute Gasteiger partial charge is 0.331 e. The summed E-state index contributed by atoms with van der Waals surface area (Å²) in [7, 11) is 1.33. The van der Waals surface area contributed by atoms with Gasteiger partial charge in [-0.2, -0.15) is 0 Å². The number of carbonyl (C=O) groups excluding carboxylic acids is 3. The van der Waals surface area contributed by atoms with Crippen LogP contribution in [0.3, 0.4) is 0 Å². The first-order valence-electron chi connectivity index (χ1n) is 5.52. The summed E-state index contributed by atoms with van der Waals surface area (Å²) in [5.41, 5.74) is 0.693. The molecule has 0 unspecified atom stereocenters. The predicted molar refractivity (Wildman–Crippen MR) is 72.5 cm³/mol. The molecule has 1 fully saturated rings. The number of hydrogen-bond donors (Lipinski definition) is 1. The molecule has 2 rings (SSSR count). The number of rotatable bonds is 2. The second kappa shape index (κ2) is 5.27. The van der Waals surface area contributed by atoms with Crippen LogP contribution >= 0.6 is 11.8 Å². The van der Waals surface area contributed by atoms with E-state index in [1.54, 1.807) is 11.8 Å². The Kier molecular flexibility index (Phi) is 3.71. The van der Waals surface area contributed by atoms with E-state index in [9.17, 15) is 14.4 Å². The Morgan fingerprint density at radius 3 is 2.37 bits per heavy atom. The van der Waals surface area contributed by atoms with Crippen molar-refractivity contribution in [2.24, 2.45) is 0 Å². The molecular formula is C13H12N2O3S. The Bertz CT molecular complexity index is 578. The Balaban J connectivity index is 2.33. The minimum absolute atomic E-state index is 0.0426. The Morgan fingerprint density at radius 2 is 1.79 bits per heavy atom. The number of likely N-dealkylation sites (N-methyl/N-ethyl adjacent to an activating group) is 1. The van der Waals surface area contributed by atoms with Crippen LogP contribution in [0.15, 0.2) is 34.7 Å². The van der Waals surface area contributed by atoms with Gasteiger partial charge in [0, 0.05) is 11.9 Å². The molecule has 19 heavy (non-hydrogen) atoms. The highest BCUT2D eigenvalue weighted by atomic mass is 32.2. The number of carbonyl (C=O) groups is 3. The fraction of sp³-hybridized carbons (Fsp3) is 0.154. The molecule has 1 saturated heterocycles. The highest BCUT2D eigenvalue weighted by molar-refractivity contribution is 7.98. The van der Waals surface area contributed by atoms with Gasteiger partial charge in [-0.15, -0.1) is 11.8 Å². The van der Waals surface area contributed by atoms with Crippen molar-refractivity contribution >= 4 is 35.7 Å². The molecule has 1 aliphatic heterocycles. The van der Waals surface area contributed by atoms with E-state index in [-0.39, 0.29) is 5.57 Å². The van der Waals surface area contributed by atoms with Gasteiger partial charge >= 0.3 is 6.03 Å². The molecule has 6 heteroatoms. The molecular weight excluding hydrogens is 264 g/mol. The summed E-state index contributed by atoms with van der Waals surface area (Å²) in [6.07, 6.45) is 3.44. The average molecular weight is 276 g/mol. The number of thioether (sulfide) groups is 1. The van der Waals surface area contributed by atoms with Crippen LogP contribution in [0.5, 0.6) is 0 Å². The SMILES string of the molecule is CSc1ccc(/C=C2/C(=O)NC(=O)N(C)C2=O)cc1. The normalized spacial score (nSPS) is 17.9. The first-order valence-corrected chi connectivity index (χ1v) is 6.74. The smallest absolute Gasteiger partial charge is 0.273 e. The van der Waals surface area contributed by atoms with Gasteiger partial charge in [-0.05, 0) is 30.0 Å². The third-order valence-electron chi connectivity index (χ3n) is 2.73. The second-order valence-electron chi connectivity index (χ2n) is 3.95. The minimum Gasteiger partial charge on any atom is -0.273 e. The van der Waals surface area contributed by atoms with Crippen molar-refractivity contribution < 1.29 is 14.4 Å². The van der Waals surface area contributed by atoms with E-state index in [1.165, 1.54) is 13.1 Å².